The minimum absolute atomic E-state index is 0.335. The van der Waals surface area contributed by atoms with E-state index in [4.69, 9.17) is 0 Å². The van der Waals surface area contributed by atoms with Crippen molar-refractivity contribution in [3.63, 3.8) is 0 Å². The molecule has 116 valence electrons. The highest BCUT2D eigenvalue weighted by Gasteiger charge is 2.34. The summed E-state index contributed by atoms with van der Waals surface area (Å²) in [6.07, 6.45) is -3.04. The second-order valence-corrected chi connectivity index (χ2v) is 6.00. The van der Waals surface area contributed by atoms with E-state index < -0.39 is 11.1 Å². The second kappa shape index (κ2) is 4.78. The molecule has 0 unspecified atom stereocenters. The highest BCUT2D eigenvalue weighted by atomic mass is 32.1. The average molecular weight is 328 g/mol. The molecule has 0 aromatic carbocycles. The van der Waals surface area contributed by atoms with Crippen LogP contribution in [0.3, 0.4) is 0 Å². The molecule has 10 heteroatoms. The van der Waals surface area contributed by atoms with Gasteiger partial charge in [-0.25, -0.2) is 9.97 Å². The Morgan fingerprint density at radius 3 is 2.73 bits per heavy atom. The van der Waals surface area contributed by atoms with Gasteiger partial charge in [0.05, 0.1) is 5.39 Å². The number of piperazine rings is 1. The van der Waals surface area contributed by atoms with Gasteiger partial charge in [-0.05, 0) is 6.07 Å². The lowest BCUT2D eigenvalue weighted by atomic mass is 10.3. The van der Waals surface area contributed by atoms with E-state index in [2.05, 4.69) is 20.4 Å². The normalized spacial score (nSPS) is 16.8. The third kappa shape index (κ3) is 2.10. The van der Waals surface area contributed by atoms with Gasteiger partial charge in [0.25, 0.3) is 0 Å². The monoisotopic (exact) mass is 328 g/mol. The van der Waals surface area contributed by atoms with Crippen LogP contribution in [0.4, 0.5) is 19.1 Å². The predicted octanol–water partition coefficient (Wildman–Crippen LogP) is 1.77. The fraction of sp³-hybridized carbons (Fsp3) is 0.417. The average Bonchev–Trinajstić information content (AvgIpc) is 3.12. The molecule has 3 aromatic heterocycles. The van der Waals surface area contributed by atoms with Crippen LogP contribution in [-0.2, 0) is 6.18 Å². The largest absolute Gasteiger partial charge is 0.425 e. The van der Waals surface area contributed by atoms with Crippen molar-refractivity contribution in [3.05, 3.63) is 17.3 Å². The van der Waals surface area contributed by atoms with Crippen molar-refractivity contribution >= 4 is 33.1 Å². The SMILES string of the molecule is FC(F)(F)c1cc2c(nc(N3CCNCC3)n3ncnc23)s1. The molecule has 1 saturated heterocycles. The number of halogens is 3. The molecular weight excluding hydrogens is 317 g/mol. The molecule has 0 amide bonds. The van der Waals surface area contributed by atoms with E-state index in [0.29, 0.717) is 33.1 Å². The summed E-state index contributed by atoms with van der Waals surface area (Å²) >= 11 is 0.641. The zero-order valence-electron chi connectivity index (χ0n) is 11.3. The Bertz CT molecular complexity index is 832. The molecule has 1 aliphatic heterocycles. The first-order valence-corrected chi connectivity index (χ1v) is 7.52. The summed E-state index contributed by atoms with van der Waals surface area (Å²) in [5, 5.41) is 7.73. The van der Waals surface area contributed by atoms with Crippen LogP contribution in [0.2, 0.25) is 0 Å². The zero-order valence-corrected chi connectivity index (χ0v) is 12.1. The molecule has 0 aliphatic carbocycles. The molecule has 1 fully saturated rings. The molecule has 0 atom stereocenters. The number of thiophene rings is 1. The van der Waals surface area contributed by atoms with E-state index in [9.17, 15) is 13.2 Å². The van der Waals surface area contributed by atoms with Gasteiger partial charge in [-0.1, -0.05) is 0 Å². The molecule has 0 radical (unpaired) electrons. The highest BCUT2D eigenvalue weighted by Crippen LogP contribution is 2.39. The molecule has 4 heterocycles. The van der Waals surface area contributed by atoms with Crippen LogP contribution >= 0.6 is 11.3 Å². The maximum atomic E-state index is 12.9. The minimum Gasteiger partial charge on any atom is -0.338 e. The van der Waals surface area contributed by atoms with Gasteiger partial charge in [0.2, 0.25) is 5.95 Å². The maximum absolute atomic E-state index is 12.9. The Balaban J connectivity index is 1.94. The quantitative estimate of drug-likeness (QED) is 0.738. The molecule has 1 N–H and O–H groups in total. The third-order valence-corrected chi connectivity index (χ3v) is 4.65. The van der Waals surface area contributed by atoms with E-state index in [0.717, 1.165) is 32.2 Å². The maximum Gasteiger partial charge on any atom is 0.425 e. The predicted molar refractivity (Wildman–Crippen MR) is 76.2 cm³/mol. The summed E-state index contributed by atoms with van der Waals surface area (Å²) in [6, 6.07) is 1.10. The number of alkyl halides is 3. The Morgan fingerprint density at radius 2 is 2.00 bits per heavy atom. The molecule has 1 aliphatic rings. The van der Waals surface area contributed by atoms with Gasteiger partial charge in [0, 0.05) is 26.2 Å². The Hall–Kier alpha value is -1.94. The molecule has 4 rings (SSSR count). The van der Waals surface area contributed by atoms with Gasteiger partial charge in [-0.2, -0.15) is 22.8 Å². The number of hydrogen-bond donors (Lipinski definition) is 1. The molecule has 22 heavy (non-hydrogen) atoms. The van der Waals surface area contributed by atoms with Crippen molar-refractivity contribution in [2.45, 2.75) is 6.18 Å². The highest BCUT2D eigenvalue weighted by molar-refractivity contribution is 7.18. The van der Waals surface area contributed by atoms with Gasteiger partial charge in [0.15, 0.2) is 5.65 Å². The van der Waals surface area contributed by atoms with Gasteiger partial charge < -0.3 is 10.2 Å². The number of nitrogens with zero attached hydrogens (tertiary/aromatic N) is 5. The summed E-state index contributed by atoms with van der Waals surface area (Å²) in [7, 11) is 0. The van der Waals surface area contributed by atoms with Gasteiger partial charge in [-0.15, -0.1) is 11.3 Å². The fourth-order valence-corrected chi connectivity index (χ4v) is 3.43. The molecular formula is C12H11F3N6S. The van der Waals surface area contributed by atoms with Crippen molar-refractivity contribution in [3.8, 4) is 0 Å². The third-order valence-electron chi connectivity index (χ3n) is 3.57. The van der Waals surface area contributed by atoms with Crippen LogP contribution in [0.1, 0.15) is 4.88 Å². The van der Waals surface area contributed by atoms with Crippen LogP contribution in [0.25, 0.3) is 15.9 Å². The number of aromatic nitrogens is 4. The Morgan fingerprint density at radius 1 is 1.23 bits per heavy atom. The lowest BCUT2D eigenvalue weighted by Gasteiger charge is -2.28. The minimum atomic E-state index is -4.38. The van der Waals surface area contributed by atoms with Gasteiger partial charge in [0.1, 0.15) is 16.0 Å². The van der Waals surface area contributed by atoms with Crippen LogP contribution in [-0.4, -0.2) is 45.8 Å². The first kappa shape index (κ1) is 13.7. The van der Waals surface area contributed by atoms with Crippen LogP contribution in [0.5, 0.6) is 0 Å². The number of fused-ring (bicyclic) bond motifs is 3. The summed E-state index contributed by atoms with van der Waals surface area (Å²) in [5.41, 5.74) is 0.408. The van der Waals surface area contributed by atoms with Gasteiger partial charge in [-0.3, -0.25) is 0 Å². The lowest BCUT2D eigenvalue weighted by Crippen LogP contribution is -2.44. The summed E-state index contributed by atoms with van der Waals surface area (Å²) < 4.78 is 40.3. The molecule has 0 spiro atoms. The summed E-state index contributed by atoms with van der Waals surface area (Å²) in [5.74, 6) is 0.539. The van der Waals surface area contributed by atoms with E-state index >= 15 is 0 Å². The zero-order chi connectivity index (χ0) is 15.3. The van der Waals surface area contributed by atoms with E-state index in [-0.39, 0.29) is 0 Å². The first-order chi connectivity index (χ1) is 10.5. The molecule has 0 saturated carbocycles. The van der Waals surface area contributed by atoms with Gasteiger partial charge >= 0.3 is 6.18 Å². The van der Waals surface area contributed by atoms with Crippen molar-refractivity contribution in [2.75, 3.05) is 31.1 Å². The second-order valence-electron chi connectivity index (χ2n) is 4.97. The Labute approximate surface area is 126 Å². The molecule has 6 nitrogen and oxygen atoms in total. The number of nitrogens with one attached hydrogen (secondary N) is 1. The fourth-order valence-electron chi connectivity index (χ4n) is 2.54. The molecule has 0 bridgehead atoms. The van der Waals surface area contributed by atoms with Crippen molar-refractivity contribution in [1.82, 2.24) is 24.9 Å². The standard InChI is InChI=1S/C12H11F3N6S/c13-12(14,15)8-5-7-9-17-6-18-21(9)11(19-10(7)22-8)20-3-1-16-2-4-20/h5-6,16H,1-4H2. The lowest BCUT2D eigenvalue weighted by molar-refractivity contribution is -0.134. The van der Waals surface area contributed by atoms with Crippen molar-refractivity contribution < 1.29 is 13.2 Å². The van der Waals surface area contributed by atoms with E-state index in [1.165, 1.54) is 10.8 Å². The van der Waals surface area contributed by atoms with Crippen LogP contribution < -0.4 is 10.2 Å². The molecule has 3 aromatic rings. The first-order valence-electron chi connectivity index (χ1n) is 6.70. The Kier molecular flexibility index (Phi) is 2.98. The number of rotatable bonds is 1. The topological polar surface area (TPSA) is 58.4 Å². The van der Waals surface area contributed by atoms with E-state index in [1.807, 2.05) is 4.90 Å². The smallest absolute Gasteiger partial charge is 0.338 e. The summed E-state index contributed by atoms with van der Waals surface area (Å²) in [4.78, 5) is 10.2. The summed E-state index contributed by atoms with van der Waals surface area (Å²) in [6.45, 7) is 3.05. The van der Waals surface area contributed by atoms with Crippen LogP contribution in [0, 0.1) is 0 Å². The van der Waals surface area contributed by atoms with Crippen molar-refractivity contribution in [2.24, 2.45) is 0 Å². The van der Waals surface area contributed by atoms with E-state index in [1.54, 1.807) is 0 Å². The number of anilines is 1. The van der Waals surface area contributed by atoms with Crippen LogP contribution in [0.15, 0.2) is 12.4 Å². The van der Waals surface area contributed by atoms with Crippen molar-refractivity contribution in [1.29, 1.82) is 0 Å². The number of hydrogen-bond acceptors (Lipinski definition) is 6.